The second kappa shape index (κ2) is 8.61. The highest BCUT2D eigenvalue weighted by molar-refractivity contribution is 7.70. The van der Waals surface area contributed by atoms with Crippen LogP contribution < -0.4 is 21.3 Å². The molecule has 188 valence electrons. The van der Waals surface area contributed by atoms with E-state index in [-0.39, 0.29) is 69.0 Å². The molecule has 1 aromatic carbocycles. The van der Waals surface area contributed by atoms with E-state index in [9.17, 15) is 27.8 Å². The summed E-state index contributed by atoms with van der Waals surface area (Å²) >= 11 is 0. The number of aromatic amines is 1. The molecule has 2 aromatic heterocycles. The summed E-state index contributed by atoms with van der Waals surface area (Å²) in [5.41, 5.74) is -0.915. The van der Waals surface area contributed by atoms with Crippen LogP contribution in [0.4, 0.5) is 24.8 Å². The summed E-state index contributed by atoms with van der Waals surface area (Å²) in [4.78, 5) is 24.1. The monoisotopic (exact) mass is 517 g/mol. The van der Waals surface area contributed by atoms with Crippen molar-refractivity contribution in [1.29, 1.82) is 5.26 Å². The number of fused-ring (bicyclic) bond motifs is 6. The van der Waals surface area contributed by atoms with Crippen molar-refractivity contribution in [3.63, 3.8) is 0 Å². The average Bonchev–Trinajstić information content (AvgIpc) is 3.19. The van der Waals surface area contributed by atoms with Crippen molar-refractivity contribution in [3.8, 4) is 17.3 Å². The van der Waals surface area contributed by atoms with Gasteiger partial charge in [0.05, 0.1) is 27.8 Å². The standard InChI is InChI=1S/C23H23F3N7O2P/c1-36(2,35)21-14(6-27)17-5-13-15(9-29-20(13)21)19-16(23(24,25)26)10-30-22(33-19)31-12-3-11(7-28-8-12)4-18(34)32-17/h5,9-12,28-29H,3-4,7-8H2,1-2H3,(H,32,34)(H,30,31,33)/t11-,12+/m1/s1. The minimum Gasteiger partial charge on any atom is -0.360 e. The zero-order valence-electron chi connectivity index (χ0n) is 19.5. The Bertz CT molecular complexity index is 1470. The molecule has 1 amide bonds. The summed E-state index contributed by atoms with van der Waals surface area (Å²) < 4.78 is 55.3. The first-order valence-corrected chi connectivity index (χ1v) is 13.9. The van der Waals surface area contributed by atoms with E-state index >= 15 is 0 Å². The number of anilines is 2. The Morgan fingerprint density at radius 2 is 2.03 bits per heavy atom. The van der Waals surface area contributed by atoms with Gasteiger partial charge in [-0.2, -0.15) is 18.4 Å². The van der Waals surface area contributed by atoms with E-state index in [0.29, 0.717) is 19.5 Å². The van der Waals surface area contributed by atoms with Crippen molar-refractivity contribution in [1.82, 2.24) is 20.3 Å². The predicted molar refractivity (Wildman–Crippen MR) is 130 cm³/mol. The van der Waals surface area contributed by atoms with Crippen molar-refractivity contribution in [2.24, 2.45) is 5.92 Å². The van der Waals surface area contributed by atoms with Gasteiger partial charge >= 0.3 is 6.18 Å². The molecular weight excluding hydrogens is 494 g/mol. The van der Waals surface area contributed by atoms with E-state index in [1.165, 1.54) is 25.6 Å². The number of carbonyl (C=O) groups is 1. The van der Waals surface area contributed by atoms with Crippen LogP contribution in [-0.4, -0.2) is 53.3 Å². The van der Waals surface area contributed by atoms with E-state index in [1.807, 2.05) is 6.07 Å². The first kappa shape index (κ1) is 24.3. The maximum Gasteiger partial charge on any atom is 0.419 e. The van der Waals surface area contributed by atoms with Crippen LogP contribution in [0.3, 0.4) is 0 Å². The molecule has 6 bridgehead atoms. The Kier molecular flexibility index (Phi) is 5.80. The Morgan fingerprint density at radius 3 is 2.72 bits per heavy atom. The molecule has 13 heteroatoms. The fourth-order valence-electron chi connectivity index (χ4n) is 5.00. The molecule has 0 saturated carbocycles. The van der Waals surface area contributed by atoms with Crippen LogP contribution >= 0.6 is 7.14 Å². The fraction of sp³-hybridized carbons (Fsp3) is 0.391. The van der Waals surface area contributed by atoms with Gasteiger partial charge in [0.25, 0.3) is 0 Å². The SMILES string of the molecule is CP(C)(=O)c1c(C#N)c2cc3c(c[nH]c13)-c1nc(ncc1C(F)(F)F)N[C@@H]1CNC[C@@H](CC(=O)N2)C1. The Morgan fingerprint density at radius 1 is 1.25 bits per heavy atom. The Hall–Kier alpha value is -3.42. The van der Waals surface area contributed by atoms with Crippen LogP contribution in [0, 0.1) is 17.2 Å². The molecule has 5 rings (SSSR count). The number of amides is 1. The predicted octanol–water partition coefficient (Wildman–Crippen LogP) is 3.50. The van der Waals surface area contributed by atoms with Gasteiger partial charge in [0.2, 0.25) is 11.9 Å². The number of nitrogens with one attached hydrogen (secondary N) is 4. The fourth-order valence-corrected chi connectivity index (χ4v) is 6.43. The van der Waals surface area contributed by atoms with Crippen LogP contribution in [0.2, 0.25) is 0 Å². The van der Waals surface area contributed by atoms with Gasteiger partial charge in [-0.05, 0) is 38.3 Å². The minimum absolute atomic E-state index is 0.0189. The molecule has 2 aliphatic heterocycles. The maximum absolute atomic E-state index is 14.0. The number of carbonyl (C=O) groups excluding carboxylic acids is 1. The second-order valence-electron chi connectivity index (χ2n) is 9.54. The number of nitrogens with zero attached hydrogens (tertiary/aromatic N) is 3. The summed E-state index contributed by atoms with van der Waals surface area (Å²) in [5.74, 6) is -0.369. The van der Waals surface area contributed by atoms with Gasteiger partial charge in [0, 0.05) is 42.4 Å². The lowest BCUT2D eigenvalue weighted by molar-refractivity contribution is -0.137. The molecule has 36 heavy (non-hydrogen) atoms. The summed E-state index contributed by atoms with van der Waals surface area (Å²) in [5, 5.41) is 19.5. The van der Waals surface area contributed by atoms with Gasteiger partial charge in [-0.3, -0.25) is 4.79 Å². The Labute approximate surface area is 204 Å². The number of hydrogen-bond donors (Lipinski definition) is 4. The molecule has 0 radical (unpaired) electrons. The van der Waals surface area contributed by atoms with Crippen LogP contribution in [0.15, 0.2) is 18.5 Å². The van der Waals surface area contributed by atoms with Crippen molar-refractivity contribution in [3.05, 3.63) is 29.6 Å². The number of nitriles is 1. The third kappa shape index (κ3) is 4.33. The van der Waals surface area contributed by atoms with E-state index < -0.39 is 18.9 Å². The second-order valence-corrected chi connectivity index (χ2v) is 12.7. The first-order chi connectivity index (χ1) is 17.0. The highest BCUT2D eigenvalue weighted by atomic mass is 31.2. The zero-order chi connectivity index (χ0) is 25.8. The third-order valence-electron chi connectivity index (χ3n) is 6.47. The van der Waals surface area contributed by atoms with Gasteiger partial charge in [-0.25, -0.2) is 9.97 Å². The minimum atomic E-state index is -4.74. The molecule has 9 nitrogen and oxygen atoms in total. The van der Waals surface area contributed by atoms with Gasteiger partial charge < -0.3 is 25.5 Å². The molecule has 0 aliphatic carbocycles. The molecule has 0 spiro atoms. The average molecular weight is 517 g/mol. The number of benzene rings is 1. The van der Waals surface area contributed by atoms with Crippen molar-refractivity contribution in [2.45, 2.75) is 25.1 Å². The van der Waals surface area contributed by atoms with Crippen molar-refractivity contribution in [2.75, 3.05) is 37.1 Å². The highest BCUT2D eigenvalue weighted by Crippen LogP contribution is 2.44. The molecule has 2 atom stereocenters. The van der Waals surface area contributed by atoms with Gasteiger partial charge in [-0.1, -0.05) is 0 Å². The highest BCUT2D eigenvalue weighted by Gasteiger charge is 2.37. The molecule has 0 unspecified atom stereocenters. The molecular formula is C23H23F3N7O2P. The van der Waals surface area contributed by atoms with Gasteiger partial charge in [0.15, 0.2) is 0 Å². The topological polar surface area (TPSA) is 136 Å². The zero-order valence-corrected chi connectivity index (χ0v) is 20.3. The summed E-state index contributed by atoms with van der Waals surface area (Å²) in [6, 6.07) is 3.29. The van der Waals surface area contributed by atoms with Crippen LogP contribution in [0.1, 0.15) is 24.0 Å². The van der Waals surface area contributed by atoms with E-state index in [2.05, 4.69) is 30.9 Å². The third-order valence-corrected chi connectivity index (χ3v) is 8.00. The lowest BCUT2D eigenvalue weighted by Gasteiger charge is -2.30. The van der Waals surface area contributed by atoms with Crippen LogP contribution in [0.5, 0.6) is 0 Å². The molecule has 2 aliphatic rings. The smallest absolute Gasteiger partial charge is 0.360 e. The number of hydrogen-bond acceptors (Lipinski definition) is 7. The van der Waals surface area contributed by atoms with E-state index in [4.69, 9.17) is 0 Å². The summed E-state index contributed by atoms with van der Waals surface area (Å²) in [6.45, 7) is 4.06. The molecule has 4 heterocycles. The van der Waals surface area contributed by atoms with Crippen molar-refractivity contribution >= 4 is 40.9 Å². The molecule has 1 saturated heterocycles. The molecule has 3 aromatic rings. The van der Waals surface area contributed by atoms with E-state index in [1.54, 1.807) is 0 Å². The number of aromatic nitrogens is 3. The number of H-pyrrole nitrogens is 1. The van der Waals surface area contributed by atoms with Crippen LogP contribution in [0.25, 0.3) is 22.2 Å². The molecule has 4 N–H and O–H groups in total. The largest absolute Gasteiger partial charge is 0.419 e. The lowest BCUT2D eigenvalue weighted by Crippen LogP contribution is -2.44. The number of rotatable bonds is 1. The maximum atomic E-state index is 14.0. The van der Waals surface area contributed by atoms with Gasteiger partial charge in [-0.15, -0.1) is 0 Å². The number of piperidine rings is 1. The molecule has 1 fully saturated rings. The first-order valence-electron chi connectivity index (χ1n) is 11.3. The van der Waals surface area contributed by atoms with E-state index in [0.717, 1.165) is 6.20 Å². The number of alkyl halides is 3. The number of halogens is 3. The van der Waals surface area contributed by atoms with Gasteiger partial charge in [0.1, 0.15) is 18.8 Å². The van der Waals surface area contributed by atoms with Crippen LogP contribution in [-0.2, 0) is 15.5 Å². The summed E-state index contributed by atoms with van der Waals surface area (Å²) in [6.07, 6.45) is -1.90. The lowest BCUT2D eigenvalue weighted by atomic mass is 9.92. The van der Waals surface area contributed by atoms with Crippen molar-refractivity contribution < 1.29 is 22.5 Å². The quantitative estimate of drug-likeness (QED) is 0.363. The summed E-state index contributed by atoms with van der Waals surface area (Å²) in [7, 11) is -3.13. The normalized spacial score (nSPS) is 20.4. The Balaban J connectivity index is 1.84.